The van der Waals surface area contributed by atoms with E-state index in [1.165, 1.54) is 18.2 Å². The Bertz CT molecular complexity index is 562. The molecule has 0 bridgehead atoms. The van der Waals surface area contributed by atoms with E-state index >= 15 is 0 Å². The second kappa shape index (κ2) is 6.52. The normalized spacial score (nSPS) is 17.3. The molecule has 1 atom stereocenters. The number of aliphatic hydroxyl groups is 1. The average Bonchev–Trinajstić information content (AvgIpc) is 2.53. The Labute approximate surface area is 123 Å². The van der Waals surface area contributed by atoms with Gasteiger partial charge in [-0.05, 0) is 13.0 Å². The van der Waals surface area contributed by atoms with E-state index in [1.54, 1.807) is 0 Å². The van der Waals surface area contributed by atoms with Crippen molar-refractivity contribution in [2.45, 2.75) is 13.0 Å². The van der Waals surface area contributed by atoms with Crippen LogP contribution in [-0.4, -0.2) is 53.8 Å². The lowest BCUT2D eigenvalue weighted by Crippen LogP contribution is -2.50. The van der Waals surface area contributed by atoms with Crippen molar-refractivity contribution in [2.75, 3.05) is 37.7 Å². The molecule has 1 aromatic carbocycles. The quantitative estimate of drug-likeness (QED) is 0.656. The molecule has 112 valence electrons. The van der Waals surface area contributed by atoms with Crippen LogP contribution in [0.5, 0.6) is 0 Å². The third-order valence-electron chi connectivity index (χ3n) is 3.86. The fourth-order valence-electron chi connectivity index (χ4n) is 2.51. The minimum atomic E-state index is -0.450. The highest BCUT2D eigenvalue weighted by atomic mass is 16.6. The number of nitrogens with zero attached hydrogens (tertiary/aromatic N) is 4. The summed E-state index contributed by atoms with van der Waals surface area (Å²) in [6, 6.07) is 6.50. The first-order valence-corrected chi connectivity index (χ1v) is 6.85. The summed E-state index contributed by atoms with van der Waals surface area (Å²) in [5.74, 6) is 0. The minimum absolute atomic E-state index is 0.00449. The number of non-ortho nitro benzene ring substituents is 1. The van der Waals surface area contributed by atoms with Gasteiger partial charge in [-0.15, -0.1) is 0 Å². The Kier molecular flexibility index (Phi) is 4.73. The van der Waals surface area contributed by atoms with Gasteiger partial charge >= 0.3 is 0 Å². The summed E-state index contributed by atoms with van der Waals surface area (Å²) in [5, 5.41) is 29.2. The monoisotopic (exact) mass is 290 g/mol. The number of hydrogen-bond acceptors (Lipinski definition) is 6. The lowest BCUT2D eigenvalue weighted by molar-refractivity contribution is -0.384. The van der Waals surface area contributed by atoms with Crippen LogP contribution in [0.1, 0.15) is 12.5 Å². The standard InChI is InChI=1S/C14H18N4O3/c1-11(10-19)16-4-6-17(7-5-16)14-8-13(18(20)21)3-2-12(14)9-15/h2-3,8,11,19H,4-7,10H2,1H3/t11-/m1/s1. The molecule has 7 nitrogen and oxygen atoms in total. The zero-order valence-corrected chi connectivity index (χ0v) is 11.9. The number of piperazine rings is 1. The van der Waals surface area contributed by atoms with Gasteiger partial charge in [0, 0.05) is 44.4 Å². The molecule has 1 aromatic rings. The van der Waals surface area contributed by atoms with Gasteiger partial charge in [-0.3, -0.25) is 15.0 Å². The smallest absolute Gasteiger partial charge is 0.271 e. The summed E-state index contributed by atoms with van der Waals surface area (Å²) in [5.41, 5.74) is 1.06. The van der Waals surface area contributed by atoms with E-state index in [4.69, 9.17) is 5.26 Å². The molecule has 0 aromatic heterocycles. The van der Waals surface area contributed by atoms with Crippen LogP contribution in [0.15, 0.2) is 18.2 Å². The van der Waals surface area contributed by atoms with Crippen LogP contribution in [0.4, 0.5) is 11.4 Å². The molecule has 1 saturated heterocycles. The molecule has 0 radical (unpaired) electrons. The van der Waals surface area contributed by atoms with Crippen LogP contribution < -0.4 is 4.90 Å². The molecule has 1 aliphatic rings. The van der Waals surface area contributed by atoms with E-state index < -0.39 is 4.92 Å². The second-order valence-electron chi connectivity index (χ2n) is 5.12. The molecule has 1 aliphatic heterocycles. The topological polar surface area (TPSA) is 93.6 Å². The first-order valence-electron chi connectivity index (χ1n) is 6.85. The number of hydrogen-bond donors (Lipinski definition) is 1. The number of aliphatic hydroxyl groups excluding tert-OH is 1. The predicted molar refractivity (Wildman–Crippen MR) is 78.1 cm³/mol. The van der Waals surface area contributed by atoms with Crippen LogP contribution in [0.2, 0.25) is 0 Å². The van der Waals surface area contributed by atoms with Gasteiger partial charge in [0.05, 0.1) is 22.8 Å². The number of rotatable bonds is 4. The Morgan fingerprint density at radius 2 is 2.10 bits per heavy atom. The summed E-state index contributed by atoms with van der Waals surface area (Å²) >= 11 is 0. The van der Waals surface area contributed by atoms with Crippen molar-refractivity contribution in [3.63, 3.8) is 0 Å². The molecule has 2 rings (SSSR count). The summed E-state index contributed by atoms with van der Waals surface area (Å²) in [6.07, 6.45) is 0. The SMILES string of the molecule is C[C@H](CO)N1CCN(c2cc([N+](=O)[O-])ccc2C#N)CC1. The van der Waals surface area contributed by atoms with Crippen molar-refractivity contribution >= 4 is 11.4 Å². The molecule has 1 N–H and O–H groups in total. The molecule has 0 spiro atoms. The highest BCUT2D eigenvalue weighted by molar-refractivity contribution is 5.63. The van der Waals surface area contributed by atoms with Crippen molar-refractivity contribution in [3.05, 3.63) is 33.9 Å². The summed E-state index contributed by atoms with van der Waals surface area (Å²) in [6.45, 7) is 4.95. The van der Waals surface area contributed by atoms with Gasteiger partial charge in [0.2, 0.25) is 0 Å². The van der Waals surface area contributed by atoms with Crippen LogP contribution >= 0.6 is 0 Å². The Morgan fingerprint density at radius 3 is 2.62 bits per heavy atom. The lowest BCUT2D eigenvalue weighted by atomic mass is 10.1. The lowest BCUT2D eigenvalue weighted by Gasteiger charge is -2.38. The molecular weight excluding hydrogens is 272 g/mol. The second-order valence-corrected chi connectivity index (χ2v) is 5.12. The zero-order chi connectivity index (χ0) is 15.4. The highest BCUT2D eigenvalue weighted by Gasteiger charge is 2.23. The van der Waals surface area contributed by atoms with Gasteiger partial charge < -0.3 is 10.0 Å². The summed E-state index contributed by atoms with van der Waals surface area (Å²) < 4.78 is 0. The third-order valence-corrected chi connectivity index (χ3v) is 3.86. The number of nitro benzene ring substituents is 1. The zero-order valence-electron chi connectivity index (χ0n) is 11.9. The number of nitro groups is 1. The van der Waals surface area contributed by atoms with E-state index in [0.717, 1.165) is 13.1 Å². The maximum atomic E-state index is 10.9. The van der Waals surface area contributed by atoms with Crippen LogP contribution in [0.25, 0.3) is 0 Å². The van der Waals surface area contributed by atoms with Gasteiger partial charge in [-0.1, -0.05) is 0 Å². The minimum Gasteiger partial charge on any atom is -0.395 e. The Morgan fingerprint density at radius 1 is 1.43 bits per heavy atom. The maximum absolute atomic E-state index is 10.9. The van der Waals surface area contributed by atoms with Crippen molar-refractivity contribution < 1.29 is 10.0 Å². The first kappa shape index (κ1) is 15.2. The number of benzene rings is 1. The van der Waals surface area contributed by atoms with Crippen molar-refractivity contribution in [2.24, 2.45) is 0 Å². The van der Waals surface area contributed by atoms with Gasteiger partial charge in [-0.25, -0.2) is 0 Å². The third kappa shape index (κ3) is 3.29. The van der Waals surface area contributed by atoms with Crippen molar-refractivity contribution in [1.82, 2.24) is 4.90 Å². The fraction of sp³-hybridized carbons (Fsp3) is 0.500. The highest BCUT2D eigenvalue weighted by Crippen LogP contribution is 2.26. The van der Waals surface area contributed by atoms with Gasteiger partial charge in [0.25, 0.3) is 5.69 Å². The summed E-state index contributed by atoms with van der Waals surface area (Å²) in [4.78, 5) is 14.6. The Balaban J connectivity index is 2.18. The van der Waals surface area contributed by atoms with E-state index in [1.807, 2.05) is 11.8 Å². The van der Waals surface area contributed by atoms with Gasteiger partial charge in [0.1, 0.15) is 6.07 Å². The fourth-order valence-corrected chi connectivity index (χ4v) is 2.51. The largest absolute Gasteiger partial charge is 0.395 e. The van der Waals surface area contributed by atoms with Crippen LogP contribution in [-0.2, 0) is 0 Å². The van der Waals surface area contributed by atoms with Crippen molar-refractivity contribution in [3.8, 4) is 6.07 Å². The van der Waals surface area contributed by atoms with E-state index in [0.29, 0.717) is 24.3 Å². The van der Waals surface area contributed by atoms with E-state index in [9.17, 15) is 15.2 Å². The first-order chi connectivity index (χ1) is 10.1. The molecule has 0 amide bonds. The van der Waals surface area contributed by atoms with E-state index in [2.05, 4.69) is 11.0 Å². The molecule has 1 fully saturated rings. The summed E-state index contributed by atoms with van der Waals surface area (Å²) in [7, 11) is 0. The van der Waals surface area contributed by atoms with Gasteiger partial charge in [0.15, 0.2) is 0 Å². The van der Waals surface area contributed by atoms with E-state index in [-0.39, 0.29) is 18.3 Å². The average molecular weight is 290 g/mol. The van der Waals surface area contributed by atoms with Crippen LogP contribution in [0.3, 0.4) is 0 Å². The van der Waals surface area contributed by atoms with Crippen LogP contribution in [0, 0.1) is 21.4 Å². The number of nitriles is 1. The molecular formula is C14H18N4O3. The molecule has 0 unspecified atom stereocenters. The molecule has 1 heterocycles. The maximum Gasteiger partial charge on any atom is 0.271 e. The predicted octanol–water partition coefficient (Wildman–Crippen LogP) is 0.969. The molecule has 0 saturated carbocycles. The number of anilines is 1. The molecule has 7 heteroatoms. The van der Waals surface area contributed by atoms with Gasteiger partial charge in [-0.2, -0.15) is 5.26 Å². The Hall–Kier alpha value is -2.17. The molecule has 21 heavy (non-hydrogen) atoms. The molecule has 0 aliphatic carbocycles. The van der Waals surface area contributed by atoms with Crippen molar-refractivity contribution in [1.29, 1.82) is 5.26 Å².